The molecule has 0 bridgehead atoms. The van der Waals surface area contributed by atoms with E-state index in [1.807, 2.05) is 0 Å². The van der Waals surface area contributed by atoms with E-state index in [2.05, 4.69) is 9.59 Å². The van der Waals surface area contributed by atoms with Crippen molar-refractivity contribution in [1.29, 1.82) is 0 Å². The third-order valence-corrected chi connectivity index (χ3v) is 2.56. The Morgan fingerprint density at radius 3 is 2.87 bits per heavy atom. The number of rotatable bonds is 3. The van der Waals surface area contributed by atoms with Crippen LogP contribution in [0.3, 0.4) is 0 Å². The minimum Gasteiger partial charge on any atom is -0.398 e. The van der Waals surface area contributed by atoms with E-state index >= 15 is 0 Å². The molecule has 76 valence electrons. The Balaban J connectivity index is 2.19. The van der Waals surface area contributed by atoms with Crippen LogP contribution in [0, 0.1) is 0 Å². The maximum atomic E-state index is 11.8. The van der Waals surface area contributed by atoms with Crippen molar-refractivity contribution in [2.24, 2.45) is 0 Å². The molecule has 0 aliphatic rings. The molecule has 15 heavy (non-hydrogen) atoms. The summed E-state index contributed by atoms with van der Waals surface area (Å²) in [5.74, 6) is -0.0270. The molecular weight excluding hydrogens is 210 g/mol. The van der Waals surface area contributed by atoms with Crippen LogP contribution in [0.4, 0.5) is 5.69 Å². The van der Waals surface area contributed by atoms with E-state index < -0.39 is 0 Å². The molecule has 1 heterocycles. The Labute approximate surface area is 90.9 Å². The van der Waals surface area contributed by atoms with Crippen molar-refractivity contribution in [3.05, 3.63) is 40.9 Å². The maximum absolute atomic E-state index is 11.8. The van der Waals surface area contributed by atoms with Crippen LogP contribution in [0.5, 0.6) is 0 Å². The number of nitrogen functional groups attached to an aromatic ring is 1. The predicted octanol–water partition coefficient (Wildman–Crippen LogP) is 1.55. The summed E-state index contributed by atoms with van der Waals surface area (Å²) in [5.41, 5.74) is 7.44. The van der Waals surface area contributed by atoms with Crippen molar-refractivity contribution in [3.63, 3.8) is 0 Å². The number of carbonyl (C=O) groups is 1. The first-order valence-electron chi connectivity index (χ1n) is 4.41. The summed E-state index contributed by atoms with van der Waals surface area (Å²) in [6.45, 7) is 0. The second-order valence-electron chi connectivity index (χ2n) is 3.08. The van der Waals surface area contributed by atoms with Gasteiger partial charge >= 0.3 is 0 Å². The van der Waals surface area contributed by atoms with Crippen molar-refractivity contribution in [2.75, 3.05) is 5.73 Å². The zero-order valence-electron chi connectivity index (χ0n) is 7.88. The molecule has 1 aromatic carbocycles. The Kier molecular flexibility index (Phi) is 2.73. The van der Waals surface area contributed by atoms with Crippen LogP contribution in [0.1, 0.15) is 16.1 Å². The monoisotopic (exact) mass is 219 g/mol. The van der Waals surface area contributed by atoms with E-state index in [1.54, 1.807) is 29.6 Å². The first-order valence-corrected chi connectivity index (χ1v) is 5.24. The Bertz CT molecular complexity index is 467. The van der Waals surface area contributed by atoms with Gasteiger partial charge in [0.1, 0.15) is 0 Å². The summed E-state index contributed by atoms with van der Waals surface area (Å²) in [4.78, 5) is 11.8. The minimum atomic E-state index is -0.0270. The van der Waals surface area contributed by atoms with Crippen LogP contribution in [0.15, 0.2) is 29.6 Å². The summed E-state index contributed by atoms with van der Waals surface area (Å²) in [7, 11) is 0. The number of Topliss-reactive ketones (excluding diaryl/α,β-unsaturated/α-hetero) is 1. The van der Waals surface area contributed by atoms with Crippen LogP contribution >= 0.6 is 11.5 Å². The van der Waals surface area contributed by atoms with Gasteiger partial charge in [0.25, 0.3) is 0 Å². The molecule has 0 radical (unpaired) electrons. The third kappa shape index (κ3) is 2.19. The van der Waals surface area contributed by atoms with Gasteiger partial charge in [-0.25, -0.2) is 0 Å². The highest BCUT2D eigenvalue weighted by Gasteiger charge is 2.11. The van der Waals surface area contributed by atoms with E-state index in [0.717, 1.165) is 0 Å². The second-order valence-corrected chi connectivity index (χ2v) is 3.69. The lowest BCUT2D eigenvalue weighted by molar-refractivity contribution is 0.0993. The van der Waals surface area contributed by atoms with Gasteiger partial charge in [-0.2, -0.15) is 0 Å². The molecule has 0 saturated heterocycles. The Morgan fingerprint density at radius 1 is 1.40 bits per heavy atom. The van der Waals surface area contributed by atoms with E-state index in [0.29, 0.717) is 16.9 Å². The number of carbonyl (C=O) groups excluding carboxylic acids is 1. The number of nitrogens with two attached hydrogens (primary N) is 1. The quantitative estimate of drug-likeness (QED) is 0.628. The van der Waals surface area contributed by atoms with E-state index in [1.165, 1.54) is 11.5 Å². The zero-order chi connectivity index (χ0) is 10.7. The van der Waals surface area contributed by atoms with E-state index in [-0.39, 0.29) is 12.2 Å². The Morgan fingerprint density at radius 2 is 2.20 bits per heavy atom. The average Bonchev–Trinajstić information content (AvgIpc) is 2.71. The van der Waals surface area contributed by atoms with Crippen molar-refractivity contribution in [1.82, 2.24) is 9.59 Å². The largest absolute Gasteiger partial charge is 0.398 e. The van der Waals surface area contributed by atoms with Gasteiger partial charge in [0.05, 0.1) is 12.1 Å². The topological polar surface area (TPSA) is 68.9 Å². The maximum Gasteiger partial charge on any atom is 0.170 e. The number of ketones is 1. The number of aromatic nitrogens is 2. The van der Waals surface area contributed by atoms with Crippen molar-refractivity contribution < 1.29 is 4.79 Å². The molecule has 2 rings (SSSR count). The summed E-state index contributed by atoms with van der Waals surface area (Å²) in [5, 5.41) is 5.58. The summed E-state index contributed by atoms with van der Waals surface area (Å²) in [6, 6.07) is 7.03. The van der Waals surface area contributed by atoms with Gasteiger partial charge in [0.15, 0.2) is 5.78 Å². The van der Waals surface area contributed by atoms with Crippen molar-refractivity contribution >= 4 is 23.0 Å². The predicted molar refractivity (Wildman–Crippen MR) is 58.8 cm³/mol. The SMILES string of the molecule is Nc1ccccc1C(=O)Cc1csnn1. The van der Waals surface area contributed by atoms with E-state index in [9.17, 15) is 4.79 Å². The number of anilines is 1. The van der Waals surface area contributed by atoms with Gasteiger partial charge in [-0.1, -0.05) is 16.6 Å². The van der Waals surface area contributed by atoms with Gasteiger partial charge in [-0.05, 0) is 23.7 Å². The van der Waals surface area contributed by atoms with E-state index in [4.69, 9.17) is 5.73 Å². The molecule has 2 N–H and O–H groups in total. The highest BCUT2D eigenvalue weighted by Crippen LogP contribution is 2.13. The number of nitrogens with zero attached hydrogens (tertiary/aromatic N) is 2. The molecule has 0 unspecified atom stereocenters. The molecule has 5 heteroatoms. The number of hydrogen-bond acceptors (Lipinski definition) is 5. The second kappa shape index (κ2) is 4.18. The minimum absolute atomic E-state index is 0.0270. The van der Waals surface area contributed by atoms with Gasteiger partial charge in [0, 0.05) is 16.6 Å². The number of hydrogen-bond donors (Lipinski definition) is 1. The average molecular weight is 219 g/mol. The molecule has 0 saturated carbocycles. The molecule has 4 nitrogen and oxygen atoms in total. The highest BCUT2D eigenvalue weighted by molar-refractivity contribution is 7.03. The molecule has 0 spiro atoms. The lowest BCUT2D eigenvalue weighted by Crippen LogP contribution is -2.07. The normalized spacial score (nSPS) is 10.1. The fraction of sp³-hybridized carbons (Fsp3) is 0.100. The van der Waals surface area contributed by atoms with Crippen molar-refractivity contribution in [3.8, 4) is 0 Å². The van der Waals surface area contributed by atoms with Gasteiger partial charge in [-0.15, -0.1) is 5.10 Å². The van der Waals surface area contributed by atoms with Crippen LogP contribution in [-0.2, 0) is 6.42 Å². The molecule has 0 fully saturated rings. The molecule has 1 aromatic heterocycles. The molecule has 0 aliphatic heterocycles. The smallest absolute Gasteiger partial charge is 0.170 e. The van der Waals surface area contributed by atoms with Crippen LogP contribution in [0.2, 0.25) is 0 Å². The molecular formula is C10H9N3OS. The van der Waals surface area contributed by atoms with Crippen LogP contribution in [-0.4, -0.2) is 15.4 Å². The van der Waals surface area contributed by atoms with Gasteiger partial charge in [-0.3, -0.25) is 4.79 Å². The Hall–Kier alpha value is -1.75. The standard InChI is InChI=1S/C10H9N3OS/c11-9-4-2-1-3-8(9)10(14)5-7-6-15-13-12-7/h1-4,6H,5,11H2. The van der Waals surface area contributed by atoms with Crippen LogP contribution < -0.4 is 5.73 Å². The fourth-order valence-electron chi connectivity index (χ4n) is 1.27. The zero-order valence-corrected chi connectivity index (χ0v) is 8.70. The number of benzene rings is 1. The third-order valence-electron chi connectivity index (χ3n) is 2.01. The fourth-order valence-corrected chi connectivity index (χ4v) is 1.72. The lowest BCUT2D eigenvalue weighted by Gasteiger charge is -2.01. The summed E-state index contributed by atoms with van der Waals surface area (Å²) in [6.07, 6.45) is 0.255. The first-order chi connectivity index (χ1) is 7.27. The van der Waals surface area contributed by atoms with Crippen molar-refractivity contribution in [2.45, 2.75) is 6.42 Å². The lowest BCUT2D eigenvalue weighted by atomic mass is 10.1. The molecule has 0 amide bonds. The summed E-state index contributed by atoms with van der Waals surface area (Å²) < 4.78 is 3.70. The van der Waals surface area contributed by atoms with Crippen LogP contribution in [0.25, 0.3) is 0 Å². The molecule has 2 aromatic rings. The number of para-hydroxylation sites is 1. The first kappa shape index (κ1) is 9.79. The summed E-state index contributed by atoms with van der Waals surface area (Å²) >= 11 is 1.24. The molecule has 0 atom stereocenters. The van der Waals surface area contributed by atoms with Gasteiger partial charge in [0.2, 0.25) is 0 Å². The van der Waals surface area contributed by atoms with Gasteiger partial charge < -0.3 is 5.73 Å². The highest BCUT2D eigenvalue weighted by atomic mass is 32.1. The molecule has 0 aliphatic carbocycles.